The summed E-state index contributed by atoms with van der Waals surface area (Å²) in [5.74, 6) is -19.1. The SMILES string of the molecule is CCn1nc(C)cc1C(=O)Nc1nc2cc(C(N)=O)cc(OC)c2n1C/C=C/Cn1c(NC(=O)c2cc(C)nn2CC)nc2cc(C(N)=O)cc(OCCCNC(=O)[C@H](CC(=O)O)NC(=O)[C@H](CC(=O)O)NC(=O)[C@H](CC(=O)O)NC(=O)[C@H](CC(=O)O)NC(=O)[C@@H](C)CC(=O)O)c21. The van der Waals surface area contributed by atoms with Gasteiger partial charge in [-0.1, -0.05) is 19.1 Å². The zero-order chi connectivity index (χ0) is 71.7. The fraction of sp³-hybridized carbons (Fsp3) is 0.390. The number of imidazole rings is 2. The van der Waals surface area contributed by atoms with E-state index in [1.165, 1.54) is 45.3 Å². The third kappa shape index (κ3) is 19.6. The van der Waals surface area contributed by atoms with E-state index in [2.05, 4.69) is 36.1 Å². The highest BCUT2D eigenvalue weighted by molar-refractivity contribution is 6.06. The van der Waals surface area contributed by atoms with Gasteiger partial charge in [0, 0.05) is 49.8 Å². The number of carbonyl (C=O) groups is 14. The Labute approximate surface area is 548 Å². The van der Waals surface area contributed by atoms with Gasteiger partial charge in [-0.15, -0.1) is 0 Å². The second-order valence-electron chi connectivity index (χ2n) is 21.7. The number of aryl methyl sites for hydroxylation is 4. The number of nitrogens with two attached hydrogens (primary N) is 2. The standard InChI is InChI=1S/C59H71N17O21/c1-7-75-38(17-28(4)71-75)56(94)69-58-67-32-19-30(49(60)87)21-40(96-6)47(32)73(58)13-9-10-14-74-48-33(68-59(74)70-57(95)39-18-29(5)72-76(39)8-2)20-31(50(61)88)22-41(48)97-15-11-12-62-52(90)34(23-43(79)80)64-54(92)36(25-45(83)84)66-55(93)37(26-46(85)86)65-53(91)35(24-44(81)82)63-51(89)27(3)16-42(77)78/h9-10,17-22,27,34-37H,7-8,11-16,23-26H2,1-6H3,(H2,60,87)(H2,61,88)(H,62,90)(H,63,89)(H,64,92)(H,65,91)(H,66,93)(H,77,78)(H,79,80)(H,81,82)(H,83,84)(H,85,86)(H,67,69,94)(H,68,70,95)/b10-9+/t27-,34-,35-,36-,37-/m0/s1. The van der Waals surface area contributed by atoms with E-state index in [9.17, 15) is 87.5 Å². The lowest BCUT2D eigenvalue weighted by atomic mass is 10.1. The Balaban J connectivity index is 1.24. The summed E-state index contributed by atoms with van der Waals surface area (Å²) in [5.41, 5.74) is 13.8. The predicted molar refractivity (Wildman–Crippen MR) is 335 cm³/mol. The van der Waals surface area contributed by atoms with E-state index in [1.807, 2.05) is 28.2 Å². The predicted octanol–water partition coefficient (Wildman–Crippen LogP) is -0.763. The lowest BCUT2D eigenvalue weighted by Gasteiger charge is -2.25. The number of amides is 9. The maximum Gasteiger partial charge on any atom is 0.305 e. The first-order valence-electron chi connectivity index (χ1n) is 29.6. The summed E-state index contributed by atoms with van der Waals surface area (Å²) >= 11 is 0. The summed E-state index contributed by atoms with van der Waals surface area (Å²) in [7, 11) is 1.37. The molecule has 518 valence electrons. The number of carboxylic acids is 5. The largest absolute Gasteiger partial charge is 0.494 e. The van der Waals surface area contributed by atoms with Crippen molar-refractivity contribution in [3.05, 3.63) is 82.5 Å². The molecule has 38 heteroatoms. The van der Waals surface area contributed by atoms with Crippen LogP contribution in [-0.2, 0) is 74.1 Å². The molecule has 0 saturated heterocycles. The Kier molecular flexibility index (Phi) is 25.1. The lowest BCUT2D eigenvalue weighted by Crippen LogP contribution is -2.59. The molecule has 2 aromatic carbocycles. The molecule has 5 atom stereocenters. The minimum absolute atomic E-state index is 0.0225. The number of benzene rings is 2. The number of methoxy groups -OCH3 is 1. The Morgan fingerprint density at radius 1 is 0.526 bits per heavy atom. The van der Waals surface area contributed by atoms with Crippen LogP contribution in [0.4, 0.5) is 11.9 Å². The number of carboxylic acid groups (broad SMARTS) is 5. The Morgan fingerprint density at radius 2 is 0.897 bits per heavy atom. The molecule has 38 nitrogen and oxygen atoms in total. The second-order valence-corrected chi connectivity index (χ2v) is 21.7. The van der Waals surface area contributed by atoms with Gasteiger partial charge in [-0.2, -0.15) is 10.2 Å². The van der Waals surface area contributed by atoms with Crippen molar-refractivity contribution in [2.24, 2.45) is 17.4 Å². The van der Waals surface area contributed by atoms with Crippen molar-refractivity contribution in [1.29, 1.82) is 0 Å². The van der Waals surface area contributed by atoms with Crippen LogP contribution in [0.3, 0.4) is 0 Å². The molecule has 0 spiro atoms. The number of fused-ring (bicyclic) bond motifs is 2. The zero-order valence-corrected chi connectivity index (χ0v) is 53.0. The third-order valence-corrected chi connectivity index (χ3v) is 14.3. The molecule has 0 aliphatic rings. The summed E-state index contributed by atoms with van der Waals surface area (Å²) in [4.78, 5) is 188. The molecule has 9 amide bonds. The van der Waals surface area contributed by atoms with Gasteiger partial charge in [-0.25, -0.2) is 9.97 Å². The van der Waals surface area contributed by atoms with E-state index < -0.39 is 145 Å². The lowest BCUT2D eigenvalue weighted by molar-refractivity contribution is -0.145. The minimum Gasteiger partial charge on any atom is -0.494 e. The van der Waals surface area contributed by atoms with E-state index in [0.29, 0.717) is 30.0 Å². The van der Waals surface area contributed by atoms with E-state index in [-0.39, 0.29) is 95.1 Å². The maximum atomic E-state index is 14.0. The van der Waals surface area contributed by atoms with Gasteiger partial charge in [0.2, 0.25) is 53.2 Å². The van der Waals surface area contributed by atoms with Gasteiger partial charge in [0.1, 0.15) is 58.1 Å². The molecule has 4 aromatic heterocycles. The smallest absolute Gasteiger partial charge is 0.305 e. The highest BCUT2D eigenvalue weighted by Gasteiger charge is 2.36. The van der Waals surface area contributed by atoms with Crippen LogP contribution in [-0.4, -0.2) is 192 Å². The molecule has 0 radical (unpaired) electrons. The normalized spacial score (nSPS) is 12.7. The molecule has 16 N–H and O–H groups in total. The number of carbonyl (C=O) groups excluding carboxylic acids is 9. The number of aromatic nitrogens is 8. The first kappa shape index (κ1) is 73.8. The van der Waals surface area contributed by atoms with Crippen LogP contribution in [0.25, 0.3) is 22.1 Å². The highest BCUT2D eigenvalue weighted by Crippen LogP contribution is 2.33. The first-order chi connectivity index (χ1) is 45.8. The molecule has 4 heterocycles. The minimum atomic E-state index is -2.21. The summed E-state index contributed by atoms with van der Waals surface area (Å²) in [6.45, 7) is 8.09. The van der Waals surface area contributed by atoms with Gasteiger partial charge in [0.25, 0.3) is 11.8 Å². The van der Waals surface area contributed by atoms with Crippen molar-refractivity contribution in [3.63, 3.8) is 0 Å². The fourth-order valence-corrected chi connectivity index (χ4v) is 9.80. The molecule has 97 heavy (non-hydrogen) atoms. The Bertz CT molecular complexity index is 4130. The van der Waals surface area contributed by atoms with Crippen molar-refractivity contribution < 1.29 is 102 Å². The number of anilines is 2. The van der Waals surface area contributed by atoms with Gasteiger partial charge in [-0.05, 0) is 70.5 Å². The zero-order valence-electron chi connectivity index (χ0n) is 53.0. The monoisotopic (exact) mass is 1350 g/mol. The van der Waals surface area contributed by atoms with Gasteiger partial charge < -0.3 is 82.2 Å². The van der Waals surface area contributed by atoms with Crippen molar-refractivity contribution in [1.82, 2.24) is 65.2 Å². The number of hydrogen-bond donors (Lipinski definition) is 14. The number of allylic oxidation sites excluding steroid dienone is 2. The van der Waals surface area contributed by atoms with Crippen molar-refractivity contribution in [2.75, 3.05) is 30.9 Å². The van der Waals surface area contributed by atoms with E-state index in [4.69, 9.17) is 26.0 Å². The summed E-state index contributed by atoms with van der Waals surface area (Å²) in [5, 5.41) is 72.1. The Hall–Kier alpha value is -12.3. The molecule has 0 aliphatic heterocycles. The summed E-state index contributed by atoms with van der Waals surface area (Å²) < 4.78 is 18.0. The quantitative estimate of drug-likeness (QED) is 0.0168. The highest BCUT2D eigenvalue weighted by atomic mass is 16.5. The van der Waals surface area contributed by atoms with Crippen molar-refractivity contribution in [2.45, 2.75) is 123 Å². The van der Waals surface area contributed by atoms with Gasteiger partial charge in [0.05, 0.1) is 68.2 Å². The second kappa shape index (κ2) is 33.0. The number of ether oxygens (including phenoxy) is 2. The number of nitrogens with one attached hydrogen (secondary N) is 7. The van der Waals surface area contributed by atoms with E-state index >= 15 is 0 Å². The first-order valence-corrected chi connectivity index (χ1v) is 29.6. The van der Waals surface area contributed by atoms with Crippen LogP contribution >= 0.6 is 0 Å². The van der Waals surface area contributed by atoms with Crippen LogP contribution in [0.15, 0.2) is 48.6 Å². The van der Waals surface area contributed by atoms with Crippen LogP contribution in [0.2, 0.25) is 0 Å². The molecule has 6 rings (SSSR count). The van der Waals surface area contributed by atoms with Gasteiger partial charge >= 0.3 is 29.8 Å². The number of aliphatic carboxylic acids is 5. The molecule has 0 bridgehead atoms. The molecule has 0 unspecified atom stereocenters. The Morgan fingerprint density at radius 3 is 1.27 bits per heavy atom. The van der Waals surface area contributed by atoms with Gasteiger partial charge in [0.15, 0.2) is 0 Å². The molecule has 6 aromatic rings. The number of primary amides is 2. The van der Waals surface area contributed by atoms with Crippen molar-refractivity contribution in [3.8, 4) is 11.5 Å². The number of nitrogens with zero attached hydrogens (tertiary/aromatic N) is 8. The van der Waals surface area contributed by atoms with Crippen molar-refractivity contribution >= 4 is 117 Å². The maximum absolute atomic E-state index is 14.0. The molecule has 0 saturated carbocycles. The fourth-order valence-electron chi connectivity index (χ4n) is 9.80. The molecular weight excluding hydrogens is 1280 g/mol. The van der Waals surface area contributed by atoms with Gasteiger partial charge in [-0.3, -0.25) is 87.1 Å². The summed E-state index contributed by atoms with van der Waals surface area (Å²) in [6, 6.07) is 0.218. The average molecular weight is 1350 g/mol. The molecular formula is C59H71N17O21. The van der Waals surface area contributed by atoms with E-state index in [1.54, 1.807) is 49.6 Å². The third-order valence-electron chi connectivity index (χ3n) is 14.3. The number of hydrogen-bond acceptors (Lipinski definition) is 20. The van der Waals surface area contributed by atoms with Crippen LogP contribution in [0, 0.1) is 19.8 Å². The van der Waals surface area contributed by atoms with E-state index in [0.717, 1.165) is 6.92 Å². The molecule has 0 aliphatic carbocycles. The topological polar surface area (TPSA) is 566 Å². The number of rotatable bonds is 37. The van der Waals surface area contributed by atoms with Crippen LogP contribution < -0.4 is 58.2 Å². The molecule has 0 fully saturated rings. The average Bonchev–Trinajstić information content (AvgIpc) is 1.64. The summed E-state index contributed by atoms with van der Waals surface area (Å²) in [6.07, 6.45) is -2.36. The van der Waals surface area contributed by atoms with Crippen LogP contribution in [0.1, 0.15) is 112 Å². The van der Waals surface area contributed by atoms with Crippen LogP contribution in [0.5, 0.6) is 11.5 Å².